The molecule has 19 heavy (non-hydrogen) atoms. The van der Waals surface area contributed by atoms with E-state index in [1.54, 1.807) is 11.3 Å². The lowest BCUT2D eigenvalue weighted by atomic mass is 10.1. The van der Waals surface area contributed by atoms with Crippen molar-refractivity contribution in [2.24, 2.45) is 0 Å². The number of carbonyl (C=O) groups excluding carboxylic acids is 1. The van der Waals surface area contributed by atoms with Gasteiger partial charge in [-0.1, -0.05) is 17.7 Å². The fourth-order valence-corrected chi connectivity index (χ4v) is 2.85. The van der Waals surface area contributed by atoms with Crippen molar-refractivity contribution in [1.82, 2.24) is 0 Å². The summed E-state index contributed by atoms with van der Waals surface area (Å²) in [4.78, 5) is 14.9. The Hall–Kier alpha value is -1.61. The molecule has 0 aliphatic heterocycles. The van der Waals surface area contributed by atoms with Crippen LogP contribution < -0.4 is 4.90 Å². The molecule has 1 heterocycles. The number of hydrogen-bond acceptors (Lipinski definition) is 3. The number of hydrogen-bond donors (Lipinski definition) is 0. The summed E-state index contributed by atoms with van der Waals surface area (Å²) in [6.07, 6.45) is 0.951. The first-order chi connectivity index (χ1) is 9.11. The van der Waals surface area contributed by atoms with Crippen molar-refractivity contribution >= 4 is 23.3 Å². The molecule has 2 nitrogen and oxygen atoms in total. The Kier molecular flexibility index (Phi) is 4.38. The van der Waals surface area contributed by atoms with Crippen LogP contribution in [0.3, 0.4) is 0 Å². The van der Waals surface area contributed by atoms with Gasteiger partial charge in [-0.3, -0.25) is 4.79 Å². The number of nitrogens with zero attached hydrogens (tertiary/aromatic N) is 1. The predicted molar refractivity (Wildman–Crippen MR) is 82.2 cm³/mol. The van der Waals surface area contributed by atoms with Crippen molar-refractivity contribution < 1.29 is 4.79 Å². The third kappa shape index (κ3) is 3.24. The van der Waals surface area contributed by atoms with Crippen LogP contribution in [-0.4, -0.2) is 12.3 Å². The second-order valence-corrected chi connectivity index (χ2v) is 6.01. The van der Waals surface area contributed by atoms with Gasteiger partial charge in [-0.25, -0.2) is 0 Å². The van der Waals surface area contributed by atoms with Crippen LogP contribution in [-0.2, 0) is 6.54 Å². The van der Waals surface area contributed by atoms with E-state index in [2.05, 4.69) is 42.3 Å². The summed E-state index contributed by atoms with van der Waals surface area (Å²) in [6, 6.07) is 10.6. The van der Waals surface area contributed by atoms with E-state index in [4.69, 9.17) is 0 Å². The quantitative estimate of drug-likeness (QED) is 0.758. The van der Waals surface area contributed by atoms with E-state index in [9.17, 15) is 4.79 Å². The lowest BCUT2D eigenvalue weighted by molar-refractivity contribution is 0.112. The topological polar surface area (TPSA) is 20.3 Å². The maximum Gasteiger partial charge on any atom is 0.152 e. The van der Waals surface area contributed by atoms with Crippen LogP contribution in [0.1, 0.15) is 34.6 Å². The number of thiophene rings is 1. The van der Waals surface area contributed by atoms with Crippen LogP contribution in [0, 0.1) is 6.92 Å². The summed E-state index contributed by atoms with van der Waals surface area (Å²) < 4.78 is 0. The van der Waals surface area contributed by atoms with E-state index in [0.717, 1.165) is 29.6 Å². The smallest absolute Gasteiger partial charge is 0.152 e. The second kappa shape index (κ2) is 6.02. The molecule has 2 rings (SSSR count). The van der Waals surface area contributed by atoms with Gasteiger partial charge in [0.05, 0.1) is 6.54 Å². The van der Waals surface area contributed by atoms with E-state index in [1.807, 2.05) is 19.1 Å². The number of aldehydes is 1. The molecule has 0 aliphatic carbocycles. The molecule has 0 saturated carbocycles. The monoisotopic (exact) mass is 273 g/mol. The van der Waals surface area contributed by atoms with Crippen molar-refractivity contribution in [3.63, 3.8) is 0 Å². The maximum absolute atomic E-state index is 11.3. The van der Waals surface area contributed by atoms with Crippen LogP contribution in [0.4, 0.5) is 5.69 Å². The van der Waals surface area contributed by atoms with E-state index >= 15 is 0 Å². The zero-order valence-corrected chi connectivity index (χ0v) is 12.4. The van der Waals surface area contributed by atoms with Gasteiger partial charge in [0.25, 0.3) is 0 Å². The van der Waals surface area contributed by atoms with Crippen molar-refractivity contribution in [2.45, 2.75) is 33.4 Å². The molecule has 2 aromatic rings. The largest absolute Gasteiger partial charge is 0.363 e. The van der Waals surface area contributed by atoms with Crippen molar-refractivity contribution in [3.05, 3.63) is 51.7 Å². The summed E-state index contributed by atoms with van der Waals surface area (Å²) >= 11 is 1.75. The van der Waals surface area contributed by atoms with Gasteiger partial charge >= 0.3 is 0 Å². The molecule has 100 valence electrons. The zero-order valence-electron chi connectivity index (χ0n) is 11.6. The standard InChI is InChI=1S/C16H19NOS/c1-12(2)17(10-15-5-4-8-19-15)16-7-6-13(3)9-14(16)11-18/h4-9,11-12H,10H2,1-3H3. The Morgan fingerprint density at radius 3 is 2.68 bits per heavy atom. The molecule has 1 aromatic heterocycles. The van der Waals surface area contributed by atoms with Crippen molar-refractivity contribution in [2.75, 3.05) is 4.90 Å². The van der Waals surface area contributed by atoms with E-state index in [-0.39, 0.29) is 0 Å². The first-order valence-electron chi connectivity index (χ1n) is 6.46. The van der Waals surface area contributed by atoms with Gasteiger partial charge in [0.15, 0.2) is 6.29 Å². The van der Waals surface area contributed by atoms with Crippen LogP contribution in [0.25, 0.3) is 0 Å². The van der Waals surface area contributed by atoms with E-state index in [0.29, 0.717) is 6.04 Å². The van der Waals surface area contributed by atoms with Gasteiger partial charge < -0.3 is 4.90 Å². The maximum atomic E-state index is 11.3. The lowest BCUT2D eigenvalue weighted by Gasteiger charge is -2.30. The highest BCUT2D eigenvalue weighted by molar-refractivity contribution is 7.09. The lowest BCUT2D eigenvalue weighted by Crippen LogP contribution is -2.30. The Bertz CT molecular complexity index is 546. The molecule has 0 spiro atoms. The third-order valence-corrected chi connectivity index (χ3v) is 4.01. The SMILES string of the molecule is Cc1ccc(N(Cc2cccs2)C(C)C)c(C=O)c1. The molecule has 3 heteroatoms. The minimum atomic E-state index is 0.350. The fraction of sp³-hybridized carbons (Fsp3) is 0.312. The first kappa shape index (κ1) is 13.8. The number of carbonyl (C=O) groups is 1. The number of rotatable bonds is 5. The molecule has 0 fully saturated rings. The average Bonchev–Trinajstić information content (AvgIpc) is 2.89. The molecule has 0 unspecified atom stereocenters. The summed E-state index contributed by atoms with van der Waals surface area (Å²) in [5.74, 6) is 0. The van der Waals surface area contributed by atoms with Crippen molar-refractivity contribution in [1.29, 1.82) is 0 Å². The van der Waals surface area contributed by atoms with Gasteiger partial charge in [0, 0.05) is 22.2 Å². The van der Waals surface area contributed by atoms with Crippen LogP contribution in [0.2, 0.25) is 0 Å². The molecule has 0 atom stereocenters. The Morgan fingerprint density at radius 2 is 2.11 bits per heavy atom. The number of benzene rings is 1. The number of aryl methyl sites for hydroxylation is 1. The highest BCUT2D eigenvalue weighted by Gasteiger charge is 2.15. The van der Waals surface area contributed by atoms with Crippen LogP contribution >= 0.6 is 11.3 Å². The molecular formula is C16H19NOS. The van der Waals surface area contributed by atoms with Gasteiger partial charge in [0.2, 0.25) is 0 Å². The number of anilines is 1. The Labute approximate surface area is 118 Å². The Balaban J connectivity index is 2.36. The molecule has 0 aliphatic rings. The molecule has 0 saturated heterocycles. The van der Waals surface area contributed by atoms with E-state index in [1.165, 1.54) is 4.88 Å². The third-order valence-electron chi connectivity index (χ3n) is 3.15. The molecular weight excluding hydrogens is 254 g/mol. The Morgan fingerprint density at radius 1 is 1.32 bits per heavy atom. The fourth-order valence-electron chi connectivity index (χ4n) is 2.15. The highest BCUT2D eigenvalue weighted by atomic mass is 32.1. The van der Waals surface area contributed by atoms with Crippen molar-refractivity contribution in [3.8, 4) is 0 Å². The predicted octanol–water partition coefficient (Wildman–Crippen LogP) is 4.28. The summed E-state index contributed by atoms with van der Waals surface area (Å²) in [7, 11) is 0. The molecule has 0 amide bonds. The van der Waals surface area contributed by atoms with E-state index < -0.39 is 0 Å². The molecule has 0 radical (unpaired) electrons. The highest BCUT2D eigenvalue weighted by Crippen LogP contribution is 2.25. The van der Waals surface area contributed by atoms with Gasteiger partial charge in [-0.05, 0) is 44.4 Å². The zero-order chi connectivity index (χ0) is 13.8. The van der Waals surface area contributed by atoms with Crippen LogP contribution in [0.15, 0.2) is 35.7 Å². The van der Waals surface area contributed by atoms with Crippen LogP contribution in [0.5, 0.6) is 0 Å². The normalized spacial score (nSPS) is 10.7. The summed E-state index contributed by atoms with van der Waals surface area (Å²) in [6.45, 7) is 7.17. The van der Waals surface area contributed by atoms with Gasteiger partial charge in [-0.15, -0.1) is 11.3 Å². The summed E-state index contributed by atoms with van der Waals surface area (Å²) in [5.41, 5.74) is 2.90. The molecule has 0 bridgehead atoms. The minimum Gasteiger partial charge on any atom is -0.363 e. The molecule has 0 N–H and O–H groups in total. The first-order valence-corrected chi connectivity index (χ1v) is 7.34. The average molecular weight is 273 g/mol. The molecule has 1 aromatic carbocycles. The summed E-state index contributed by atoms with van der Waals surface area (Å²) in [5, 5.41) is 2.09. The second-order valence-electron chi connectivity index (χ2n) is 4.98. The minimum absolute atomic E-state index is 0.350. The van der Waals surface area contributed by atoms with Gasteiger partial charge in [0.1, 0.15) is 0 Å². The van der Waals surface area contributed by atoms with Gasteiger partial charge in [-0.2, -0.15) is 0 Å².